The van der Waals surface area contributed by atoms with Crippen LogP contribution in [0.25, 0.3) is 0 Å². The number of rotatable bonds is 5. The Kier molecular flexibility index (Phi) is 4.64. The molecule has 0 atom stereocenters. The largest absolute Gasteiger partial charge is 0.398 e. The van der Waals surface area contributed by atoms with Crippen molar-refractivity contribution in [2.75, 3.05) is 12.3 Å². The van der Waals surface area contributed by atoms with E-state index in [4.69, 9.17) is 17.3 Å². The van der Waals surface area contributed by atoms with E-state index < -0.39 is 10.0 Å². The number of sulfonamides is 1. The summed E-state index contributed by atoms with van der Waals surface area (Å²) in [4.78, 5) is 4.21. The first-order valence-electron chi connectivity index (χ1n) is 5.84. The van der Waals surface area contributed by atoms with Crippen molar-refractivity contribution < 1.29 is 8.42 Å². The lowest BCUT2D eigenvalue weighted by Crippen LogP contribution is -2.26. The standard InChI is InChI=1S/C12H14ClN3O2S2/c1-8-10(14)6-9(13)7-11(8)20(17,18)16-3-2-12-15-4-5-19-12/h4-7,16H,2-3,14H2,1H3. The molecular formula is C12H14ClN3O2S2. The van der Waals surface area contributed by atoms with Gasteiger partial charge >= 0.3 is 0 Å². The maximum absolute atomic E-state index is 12.2. The summed E-state index contributed by atoms with van der Waals surface area (Å²) in [5.74, 6) is 0. The zero-order valence-corrected chi connectivity index (χ0v) is 13.1. The predicted octanol–water partition coefficient (Wildman–Crippen LogP) is 2.21. The fourth-order valence-corrected chi connectivity index (χ4v) is 3.94. The van der Waals surface area contributed by atoms with Crippen LogP contribution in [0.15, 0.2) is 28.6 Å². The summed E-state index contributed by atoms with van der Waals surface area (Å²) in [6, 6.07) is 2.93. The molecule has 0 saturated heterocycles. The molecule has 3 N–H and O–H groups in total. The van der Waals surface area contributed by atoms with Gasteiger partial charge in [0.2, 0.25) is 10.0 Å². The van der Waals surface area contributed by atoms with Crippen molar-refractivity contribution in [2.45, 2.75) is 18.2 Å². The predicted molar refractivity (Wildman–Crippen MR) is 81.6 cm³/mol. The molecule has 0 aliphatic rings. The van der Waals surface area contributed by atoms with Crippen LogP contribution in [0.2, 0.25) is 5.02 Å². The summed E-state index contributed by atoms with van der Waals surface area (Å²) in [5.41, 5.74) is 6.59. The van der Waals surface area contributed by atoms with Crippen molar-refractivity contribution in [1.29, 1.82) is 0 Å². The number of nitrogens with zero attached hydrogens (tertiary/aromatic N) is 1. The Bertz CT molecular complexity index is 700. The monoisotopic (exact) mass is 331 g/mol. The number of halogens is 1. The van der Waals surface area contributed by atoms with E-state index in [2.05, 4.69) is 9.71 Å². The Hall–Kier alpha value is -1.15. The van der Waals surface area contributed by atoms with E-state index in [9.17, 15) is 8.42 Å². The van der Waals surface area contributed by atoms with Gasteiger partial charge in [0.1, 0.15) is 0 Å². The van der Waals surface area contributed by atoms with Gasteiger partial charge in [-0.15, -0.1) is 11.3 Å². The molecule has 1 aromatic heterocycles. The van der Waals surface area contributed by atoms with E-state index in [-0.39, 0.29) is 11.4 Å². The molecule has 108 valence electrons. The molecule has 0 bridgehead atoms. The average Bonchev–Trinajstić information content (AvgIpc) is 2.86. The number of benzene rings is 1. The Labute approximate surface area is 126 Å². The molecule has 8 heteroatoms. The lowest BCUT2D eigenvalue weighted by atomic mass is 10.2. The van der Waals surface area contributed by atoms with E-state index >= 15 is 0 Å². The number of hydrogen-bond acceptors (Lipinski definition) is 5. The van der Waals surface area contributed by atoms with Gasteiger partial charge in [0, 0.05) is 35.3 Å². The molecule has 0 amide bonds. The van der Waals surface area contributed by atoms with Gasteiger partial charge in [0.15, 0.2) is 0 Å². The summed E-state index contributed by atoms with van der Waals surface area (Å²) in [6.45, 7) is 1.93. The normalized spacial score (nSPS) is 11.7. The van der Waals surface area contributed by atoms with E-state index in [1.54, 1.807) is 13.1 Å². The molecule has 0 aliphatic carbocycles. The number of thiazole rings is 1. The van der Waals surface area contributed by atoms with Gasteiger partial charge in [0.25, 0.3) is 0 Å². The van der Waals surface area contributed by atoms with Crippen LogP contribution >= 0.6 is 22.9 Å². The number of aromatic nitrogens is 1. The maximum Gasteiger partial charge on any atom is 0.240 e. The summed E-state index contributed by atoms with van der Waals surface area (Å²) in [6.07, 6.45) is 2.24. The minimum atomic E-state index is -3.63. The highest BCUT2D eigenvalue weighted by molar-refractivity contribution is 7.89. The lowest BCUT2D eigenvalue weighted by Gasteiger charge is -2.11. The van der Waals surface area contributed by atoms with Crippen LogP contribution in [0.1, 0.15) is 10.6 Å². The molecule has 1 aromatic carbocycles. The van der Waals surface area contributed by atoms with Crippen molar-refractivity contribution in [1.82, 2.24) is 9.71 Å². The minimum Gasteiger partial charge on any atom is -0.398 e. The smallest absolute Gasteiger partial charge is 0.240 e. The van der Waals surface area contributed by atoms with Crippen molar-refractivity contribution in [3.05, 3.63) is 39.3 Å². The zero-order valence-electron chi connectivity index (χ0n) is 10.8. The second-order valence-electron chi connectivity index (χ2n) is 4.19. The summed E-state index contributed by atoms with van der Waals surface area (Å²) in [7, 11) is -3.63. The third-order valence-electron chi connectivity index (χ3n) is 2.77. The molecular weight excluding hydrogens is 318 g/mol. The Morgan fingerprint density at radius 1 is 1.45 bits per heavy atom. The second kappa shape index (κ2) is 6.09. The highest BCUT2D eigenvalue weighted by atomic mass is 35.5. The highest BCUT2D eigenvalue weighted by Gasteiger charge is 2.18. The van der Waals surface area contributed by atoms with E-state index in [0.717, 1.165) is 5.01 Å². The van der Waals surface area contributed by atoms with Crippen LogP contribution in [-0.2, 0) is 16.4 Å². The minimum absolute atomic E-state index is 0.113. The molecule has 5 nitrogen and oxygen atoms in total. The van der Waals surface area contributed by atoms with E-state index in [1.807, 2.05) is 5.38 Å². The highest BCUT2D eigenvalue weighted by Crippen LogP contribution is 2.25. The topological polar surface area (TPSA) is 85.1 Å². The van der Waals surface area contributed by atoms with Gasteiger partial charge in [-0.25, -0.2) is 18.1 Å². The molecule has 0 spiro atoms. The van der Waals surface area contributed by atoms with Crippen LogP contribution in [0.3, 0.4) is 0 Å². The van der Waals surface area contributed by atoms with Gasteiger partial charge in [0.05, 0.1) is 9.90 Å². The molecule has 20 heavy (non-hydrogen) atoms. The first-order chi connectivity index (χ1) is 9.40. The summed E-state index contributed by atoms with van der Waals surface area (Å²) >= 11 is 7.35. The molecule has 2 aromatic rings. The third-order valence-corrected chi connectivity index (χ3v) is 5.41. The molecule has 0 saturated carbocycles. The lowest BCUT2D eigenvalue weighted by molar-refractivity contribution is 0.581. The first kappa shape index (κ1) is 15.2. The number of nitrogens with one attached hydrogen (secondary N) is 1. The van der Waals surface area contributed by atoms with Gasteiger partial charge in [-0.3, -0.25) is 0 Å². The van der Waals surface area contributed by atoms with Gasteiger partial charge in [-0.1, -0.05) is 11.6 Å². The molecule has 2 rings (SSSR count). The fourth-order valence-electron chi connectivity index (χ4n) is 1.70. The van der Waals surface area contributed by atoms with Crippen LogP contribution in [-0.4, -0.2) is 19.9 Å². The van der Waals surface area contributed by atoms with Gasteiger partial charge in [-0.05, 0) is 24.6 Å². The zero-order chi connectivity index (χ0) is 14.8. The van der Waals surface area contributed by atoms with Gasteiger partial charge < -0.3 is 5.73 Å². The number of hydrogen-bond donors (Lipinski definition) is 2. The SMILES string of the molecule is Cc1c(N)cc(Cl)cc1S(=O)(=O)NCCc1nccs1. The molecule has 0 aliphatic heterocycles. The second-order valence-corrected chi connectivity index (χ2v) is 7.34. The van der Waals surface area contributed by atoms with Gasteiger partial charge in [-0.2, -0.15) is 0 Å². The number of nitrogen functional groups attached to an aromatic ring is 1. The van der Waals surface area contributed by atoms with Crippen LogP contribution in [0.4, 0.5) is 5.69 Å². The average molecular weight is 332 g/mol. The van der Waals surface area contributed by atoms with E-state index in [0.29, 0.717) is 22.7 Å². The first-order valence-corrected chi connectivity index (χ1v) is 8.58. The van der Waals surface area contributed by atoms with Crippen molar-refractivity contribution in [3.8, 4) is 0 Å². The van der Waals surface area contributed by atoms with Crippen molar-refractivity contribution in [2.24, 2.45) is 0 Å². The van der Waals surface area contributed by atoms with Crippen LogP contribution in [0, 0.1) is 6.92 Å². The van der Waals surface area contributed by atoms with Crippen molar-refractivity contribution >= 4 is 38.6 Å². The Morgan fingerprint density at radius 2 is 2.20 bits per heavy atom. The fraction of sp³-hybridized carbons (Fsp3) is 0.250. The number of anilines is 1. The summed E-state index contributed by atoms with van der Waals surface area (Å²) < 4.78 is 27.0. The molecule has 0 radical (unpaired) electrons. The third kappa shape index (κ3) is 3.49. The number of nitrogens with two attached hydrogens (primary N) is 1. The van der Waals surface area contributed by atoms with Crippen LogP contribution < -0.4 is 10.5 Å². The van der Waals surface area contributed by atoms with E-state index in [1.165, 1.54) is 23.5 Å². The maximum atomic E-state index is 12.2. The van der Waals surface area contributed by atoms with Crippen LogP contribution in [0.5, 0.6) is 0 Å². The quantitative estimate of drug-likeness (QED) is 0.822. The molecule has 0 fully saturated rings. The molecule has 0 unspecified atom stereocenters. The summed E-state index contributed by atoms with van der Waals surface area (Å²) in [5, 5.41) is 3.04. The molecule has 1 heterocycles. The Balaban J connectivity index is 2.14. The van der Waals surface area contributed by atoms with Crippen molar-refractivity contribution in [3.63, 3.8) is 0 Å². The Morgan fingerprint density at radius 3 is 2.85 bits per heavy atom.